The summed E-state index contributed by atoms with van der Waals surface area (Å²) in [6.07, 6.45) is 1.62. The molecule has 5 nitrogen and oxygen atoms in total. The number of thiocarbonyl (C=S) groups is 1. The van der Waals surface area contributed by atoms with Gasteiger partial charge >= 0.3 is 5.97 Å². The second kappa shape index (κ2) is 8.32. The van der Waals surface area contributed by atoms with Crippen molar-refractivity contribution < 1.29 is 23.8 Å². The second-order valence-corrected chi connectivity index (χ2v) is 7.29. The van der Waals surface area contributed by atoms with E-state index in [2.05, 4.69) is 0 Å². The van der Waals surface area contributed by atoms with Gasteiger partial charge < -0.3 is 9.84 Å². The van der Waals surface area contributed by atoms with Crippen molar-refractivity contribution in [1.82, 2.24) is 4.90 Å². The number of carbonyl (C=O) groups excluding carboxylic acids is 1. The van der Waals surface area contributed by atoms with Crippen molar-refractivity contribution in [1.29, 1.82) is 0 Å². The van der Waals surface area contributed by atoms with Crippen LogP contribution in [-0.4, -0.2) is 32.7 Å². The molecule has 0 unspecified atom stereocenters. The van der Waals surface area contributed by atoms with Gasteiger partial charge in [0.15, 0.2) is 0 Å². The summed E-state index contributed by atoms with van der Waals surface area (Å²) in [7, 11) is 0. The number of nitrogens with zero attached hydrogens (tertiary/aromatic N) is 1. The number of aliphatic carboxylic acids is 1. The highest BCUT2D eigenvalue weighted by atomic mass is 32.2. The van der Waals surface area contributed by atoms with Crippen molar-refractivity contribution in [3.63, 3.8) is 0 Å². The molecule has 27 heavy (non-hydrogen) atoms. The van der Waals surface area contributed by atoms with E-state index in [-0.39, 0.29) is 16.7 Å². The van der Waals surface area contributed by atoms with Gasteiger partial charge in [-0.1, -0.05) is 54.3 Å². The molecule has 1 heterocycles. The fourth-order valence-corrected chi connectivity index (χ4v) is 3.65. The smallest absolute Gasteiger partial charge is 0.323 e. The molecule has 2 aromatic carbocycles. The van der Waals surface area contributed by atoms with Crippen LogP contribution in [-0.2, 0) is 16.2 Å². The Morgan fingerprint density at radius 3 is 2.78 bits per heavy atom. The van der Waals surface area contributed by atoms with Crippen molar-refractivity contribution in [3.8, 4) is 5.75 Å². The van der Waals surface area contributed by atoms with E-state index in [4.69, 9.17) is 22.1 Å². The van der Waals surface area contributed by atoms with Crippen LogP contribution >= 0.6 is 24.0 Å². The molecule has 1 amide bonds. The zero-order valence-electron chi connectivity index (χ0n) is 13.9. The fraction of sp³-hybridized carbons (Fsp3) is 0.105. The Morgan fingerprint density at radius 1 is 1.26 bits per heavy atom. The average molecular weight is 403 g/mol. The Morgan fingerprint density at radius 2 is 2.04 bits per heavy atom. The maximum absolute atomic E-state index is 13.7. The van der Waals surface area contributed by atoms with Crippen LogP contribution in [0.5, 0.6) is 5.75 Å². The fourth-order valence-electron chi connectivity index (χ4n) is 2.39. The molecule has 0 atom stereocenters. The largest absolute Gasteiger partial charge is 0.489 e. The predicted octanol–water partition coefficient (Wildman–Crippen LogP) is 3.69. The molecule has 8 heteroatoms. The molecule has 138 valence electrons. The van der Waals surface area contributed by atoms with E-state index in [1.54, 1.807) is 48.5 Å². The number of hydrogen-bond acceptors (Lipinski definition) is 5. The summed E-state index contributed by atoms with van der Waals surface area (Å²) in [6.45, 7) is -0.384. The second-order valence-electron chi connectivity index (χ2n) is 5.61. The van der Waals surface area contributed by atoms with Gasteiger partial charge in [0, 0.05) is 5.56 Å². The number of halogens is 1. The number of benzene rings is 2. The van der Waals surface area contributed by atoms with E-state index in [0.29, 0.717) is 21.8 Å². The van der Waals surface area contributed by atoms with E-state index < -0.39 is 18.4 Å². The number of hydrogen-bond donors (Lipinski definition) is 1. The van der Waals surface area contributed by atoms with Crippen molar-refractivity contribution in [2.45, 2.75) is 6.61 Å². The van der Waals surface area contributed by atoms with E-state index in [9.17, 15) is 14.0 Å². The lowest BCUT2D eigenvalue weighted by atomic mass is 10.2. The highest BCUT2D eigenvalue weighted by molar-refractivity contribution is 8.26. The van der Waals surface area contributed by atoms with Crippen LogP contribution in [0.1, 0.15) is 11.1 Å². The van der Waals surface area contributed by atoms with Crippen LogP contribution in [0.25, 0.3) is 6.08 Å². The Bertz CT molecular complexity index is 945. The summed E-state index contributed by atoms with van der Waals surface area (Å²) in [6, 6.07) is 13.3. The molecule has 1 aliphatic rings. The van der Waals surface area contributed by atoms with Crippen LogP contribution < -0.4 is 4.74 Å². The van der Waals surface area contributed by atoms with Crippen molar-refractivity contribution in [2.24, 2.45) is 0 Å². The summed E-state index contributed by atoms with van der Waals surface area (Å²) in [5.41, 5.74) is 1.13. The maximum atomic E-state index is 13.7. The zero-order chi connectivity index (χ0) is 19.4. The molecule has 1 N–H and O–H groups in total. The lowest BCUT2D eigenvalue weighted by molar-refractivity contribution is -0.140. The van der Waals surface area contributed by atoms with Gasteiger partial charge in [-0.3, -0.25) is 14.5 Å². The van der Waals surface area contributed by atoms with Crippen molar-refractivity contribution >= 4 is 46.3 Å². The molecular formula is C19H14FNO4S2. The van der Waals surface area contributed by atoms with Crippen LogP contribution in [0.2, 0.25) is 0 Å². The van der Waals surface area contributed by atoms with Crippen LogP contribution in [0, 0.1) is 5.82 Å². The van der Waals surface area contributed by atoms with Gasteiger partial charge in [0.05, 0.1) is 4.91 Å². The molecule has 1 fully saturated rings. The van der Waals surface area contributed by atoms with Gasteiger partial charge in [0.25, 0.3) is 5.91 Å². The SMILES string of the molecule is O=C(O)CN1C(=O)/C(=C/c2cccc(OCc3ccccc3F)c2)SC1=S. The van der Waals surface area contributed by atoms with E-state index >= 15 is 0 Å². The number of amides is 1. The van der Waals surface area contributed by atoms with Gasteiger partial charge in [-0.05, 0) is 29.8 Å². The minimum atomic E-state index is -1.13. The number of carboxylic acid groups (broad SMARTS) is 1. The average Bonchev–Trinajstić information content (AvgIpc) is 2.88. The molecule has 2 aromatic rings. The van der Waals surface area contributed by atoms with E-state index in [1.165, 1.54) is 6.07 Å². The third kappa shape index (κ3) is 4.72. The van der Waals surface area contributed by atoms with E-state index in [1.807, 2.05) is 0 Å². The van der Waals surface area contributed by atoms with Gasteiger partial charge in [0.1, 0.15) is 29.0 Å². The van der Waals surface area contributed by atoms with Gasteiger partial charge in [-0.2, -0.15) is 0 Å². The lowest BCUT2D eigenvalue weighted by Crippen LogP contribution is -2.33. The number of carbonyl (C=O) groups is 2. The molecular weight excluding hydrogens is 389 g/mol. The Hall–Kier alpha value is -2.71. The summed E-state index contributed by atoms with van der Waals surface area (Å²) in [5.74, 6) is -1.38. The number of carboxylic acids is 1. The normalized spacial score (nSPS) is 15.4. The van der Waals surface area contributed by atoms with Crippen LogP contribution in [0.15, 0.2) is 53.4 Å². The Labute approximate surface area is 164 Å². The number of rotatable bonds is 6. The summed E-state index contributed by atoms with van der Waals surface area (Å²) < 4.78 is 19.5. The first-order chi connectivity index (χ1) is 12.9. The zero-order valence-corrected chi connectivity index (χ0v) is 15.6. The van der Waals surface area contributed by atoms with Crippen molar-refractivity contribution in [2.75, 3.05) is 6.54 Å². The molecule has 0 bridgehead atoms. The first kappa shape index (κ1) is 19.1. The topological polar surface area (TPSA) is 66.8 Å². The highest BCUT2D eigenvalue weighted by Crippen LogP contribution is 2.32. The maximum Gasteiger partial charge on any atom is 0.323 e. The minimum Gasteiger partial charge on any atom is -0.489 e. The minimum absolute atomic E-state index is 0.0802. The molecule has 0 aromatic heterocycles. The first-order valence-electron chi connectivity index (χ1n) is 7.87. The monoisotopic (exact) mass is 403 g/mol. The van der Waals surface area contributed by atoms with Gasteiger partial charge in [-0.15, -0.1) is 0 Å². The third-order valence-electron chi connectivity index (χ3n) is 3.67. The lowest BCUT2D eigenvalue weighted by Gasteiger charge is -2.10. The van der Waals surface area contributed by atoms with E-state index in [0.717, 1.165) is 16.7 Å². The number of ether oxygens (including phenoxy) is 1. The third-order valence-corrected chi connectivity index (χ3v) is 5.05. The molecule has 3 rings (SSSR count). The highest BCUT2D eigenvalue weighted by Gasteiger charge is 2.33. The van der Waals surface area contributed by atoms with Crippen LogP contribution in [0.3, 0.4) is 0 Å². The summed E-state index contributed by atoms with van der Waals surface area (Å²) in [5, 5.41) is 8.87. The molecule has 0 saturated carbocycles. The molecule has 0 aliphatic carbocycles. The Balaban J connectivity index is 1.73. The van der Waals surface area contributed by atoms with Gasteiger partial charge in [0.2, 0.25) is 0 Å². The quantitative estimate of drug-likeness (QED) is 0.586. The molecule has 0 radical (unpaired) electrons. The molecule has 0 spiro atoms. The Kier molecular flexibility index (Phi) is 5.88. The van der Waals surface area contributed by atoms with Crippen LogP contribution in [0.4, 0.5) is 4.39 Å². The predicted molar refractivity (Wildman–Crippen MR) is 105 cm³/mol. The first-order valence-corrected chi connectivity index (χ1v) is 9.10. The standard InChI is InChI=1S/C19H14FNO4S2/c20-15-7-2-1-5-13(15)11-25-14-6-3-4-12(8-14)9-16-18(24)21(10-17(22)23)19(26)27-16/h1-9H,10-11H2,(H,22,23)/b16-9-. The van der Waals surface area contributed by atoms with Gasteiger partial charge in [-0.25, -0.2) is 4.39 Å². The molecule has 1 aliphatic heterocycles. The summed E-state index contributed by atoms with van der Waals surface area (Å²) >= 11 is 6.12. The van der Waals surface area contributed by atoms with Crippen molar-refractivity contribution in [3.05, 3.63) is 70.4 Å². The molecule has 1 saturated heterocycles. The number of thioether (sulfide) groups is 1. The summed E-state index contributed by atoms with van der Waals surface area (Å²) in [4.78, 5) is 24.5.